The SMILES string of the molecule is CCNCC(CC)(CC)Cc1ccc(Br)cc1F. The van der Waals surface area contributed by atoms with Crippen molar-refractivity contribution in [2.24, 2.45) is 5.41 Å². The summed E-state index contributed by atoms with van der Waals surface area (Å²) in [6, 6.07) is 5.37. The van der Waals surface area contributed by atoms with Gasteiger partial charge in [0, 0.05) is 11.0 Å². The molecule has 1 aromatic carbocycles. The highest BCUT2D eigenvalue weighted by Crippen LogP contribution is 2.31. The van der Waals surface area contributed by atoms with E-state index < -0.39 is 0 Å². The van der Waals surface area contributed by atoms with Crippen molar-refractivity contribution in [3.05, 3.63) is 34.1 Å². The molecule has 0 bridgehead atoms. The molecule has 0 amide bonds. The zero-order valence-electron chi connectivity index (χ0n) is 11.5. The predicted octanol–water partition coefficient (Wildman–Crippen LogP) is 4.55. The summed E-state index contributed by atoms with van der Waals surface area (Å²) in [5, 5.41) is 3.41. The zero-order valence-corrected chi connectivity index (χ0v) is 13.1. The molecule has 0 unspecified atom stereocenters. The van der Waals surface area contributed by atoms with Crippen LogP contribution in [0.2, 0.25) is 0 Å². The van der Waals surface area contributed by atoms with Gasteiger partial charge in [-0.15, -0.1) is 0 Å². The molecule has 0 atom stereocenters. The molecule has 1 rings (SSSR count). The number of rotatable bonds is 7. The molecule has 0 saturated carbocycles. The number of nitrogens with one attached hydrogen (secondary N) is 1. The van der Waals surface area contributed by atoms with Crippen molar-refractivity contribution in [2.75, 3.05) is 13.1 Å². The van der Waals surface area contributed by atoms with Crippen molar-refractivity contribution in [1.82, 2.24) is 5.32 Å². The Labute approximate surface area is 118 Å². The van der Waals surface area contributed by atoms with E-state index in [0.29, 0.717) is 0 Å². The van der Waals surface area contributed by atoms with Crippen LogP contribution in [0.4, 0.5) is 4.39 Å². The minimum atomic E-state index is -0.104. The van der Waals surface area contributed by atoms with Crippen LogP contribution in [0.3, 0.4) is 0 Å². The first-order valence-electron chi connectivity index (χ1n) is 6.71. The Kier molecular flexibility index (Phi) is 6.30. The van der Waals surface area contributed by atoms with E-state index in [2.05, 4.69) is 42.0 Å². The molecule has 1 aromatic rings. The summed E-state index contributed by atoms with van der Waals surface area (Å²) in [5.74, 6) is -0.104. The van der Waals surface area contributed by atoms with Crippen LogP contribution >= 0.6 is 15.9 Å². The van der Waals surface area contributed by atoms with Crippen LogP contribution < -0.4 is 5.32 Å². The molecule has 18 heavy (non-hydrogen) atoms. The van der Waals surface area contributed by atoms with Gasteiger partial charge in [-0.2, -0.15) is 0 Å². The van der Waals surface area contributed by atoms with Crippen LogP contribution in [0.15, 0.2) is 22.7 Å². The average molecular weight is 316 g/mol. The number of hydrogen-bond donors (Lipinski definition) is 1. The first kappa shape index (κ1) is 15.6. The van der Waals surface area contributed by atoms with Gasteiger partial charge in [-0.1, -0.05) is 42.8 Å². The third-order valence-corrected chi connectivity index (χ3v) is 4.32. The molecular weight excluding hydrogens is 293 g/mol. The van der Waals surface area contributed by atoms with E-state index in [1.54, 1.807) is 6.07 Å². The molecule has 0 radical (unpaired) electrons. The summed E-state index contributed by atoms with van der Waals surface area (Å²) in [6.07, 6.45) is 2.92. The van der Waals surface area contributed by atoms with E-state index in [1.165, 1.54) is 0 Å². The second-order valence-corrected chi connectivity index (χ2v) is 5.82. The van der Waals surface area contributed by atoms with Crippen LogP contribution in [0.1, 0.15) is 39.2 Å². The Morgan fingerprint density at radius 2 is 1.89 bits per heavy atom. The molecular formula is C15H23BrFN. The van der Waals surface area contributed by atoms with Gasteiger partial charge in [-0.05, 0) is 48.9 Å². The maximum Gasteiger partial charge on any atom is 0.127 e. The zero-order chi connectivity index (χ0) is 13.6. The first-order chi connectivity index (χ1) is 8.56. The maximum absolute atomic E-state index is 13.9. The minimum absolute atomic E-state index is 0.104. The number of hydrogen-bond acceptors (Lipinski definition) is 1. The Balaban J connectivity index is 2.88. The molecule has 0 aliphatic heterocycles. The quantitative estimate of drug-likeness (QED) is 0.778. The van der Waals surface area contributed by atoms with E-state index in [0.717, 1.165) is 42.4 Å². The molecule has 3 heteroatoms. The molecule has 0 heterocycles. The van der Waals surface area contributed by atoms with Crippen LogP contribution in [-0.4, -0.2) is 13.1 Å². The van der Waals surface area contributed by atoms with Gasteiger partial charge in [0.25, 0.3) is 0 Å². The molecule has 0 spiro atoms. The molecule has 0 aliphatic rings. The molecule has 0 fully saturated rings. The van der Waals surface area contributed by atoms with E-state index in [-0.39, 0.29) is 11.2 Å². The fourth-order valence-corrected chi connectivity index (χ4v) is 2.60. The van der Waals surface area contributed by atoms with E-state index >= 15 is 0 Å². The van der Waals surface area contributed by atoms with Crippen molar-refractivity contribution in [3.63, 3.8) is 0 Å². The highest BCUT2D eigenvalue weighted by atomic mass is 79.9. The third kappa shape index (κ3) is 4.06. The second-order valence-electron chi connectivity index (χ2n) is 4.90. The summed E-state index contributed by atoms with van der Waals surface area (Å²) in [4.78, 5) is 0. The number of halogens is 2. The largest absolute Gasteiger partial charge is 0.316 e. The van der Waals surface area contributed by atoms with Gasteiger partial charge in [0.05, 0.1) is 0 Å². The summed E-state index contributed by atoms with van der Waals surface area (Å²) in [6.45, 7) is 8.40. The standard InChI is InChI=1S/C15H23BrFN/c1-4-15(5-2,11-18-6-3)10-12-7-8-13(16)9-14(12)17/h7-9,18H,4-6,10-11H2,1-3H3. The van der Waals surface area contributed by atoms with Crippen molar-refractivity contribution in [1.29, 1.82) is 0 Å². The van der Waals surface area contributed by atoms with Crippen LogP contribution in [0.25, 0.3) is 0 Å². The lowest BCUT2D eigenvalue weighted by Gasteiger charge is -2.32. The van der Waals surface area contributed by atoms with Crippen molar-refractivity contribution < 1.29 is 4.39 Å². The summed E-state index contributed by atoms with van der Waals surface area (Å²) in [5.41, 5.74) is 0.977. The van der Waals surface area contributed by atoms with E-state index in [1.807, 2.05) is 12.1 Å². The Morgan fingerprint density at radius 3 is 2.39 bits per heavy atom. The van der Waals surface area contributed by atoms with E-state index in [4.69, 9.17) is 0 Å². The fourth-order valence-electron chi connectivity index (χ4n) is 2.27. The smallest absolute Gasteiger partial charge is 0.127 e. The van der Waals surface area contributed by atoms with Gasteiger partial charge in [0.2, 0.25) is 0 Å². The Hall–Kier alpha value is -0.410. The van der Waals surface area contributed by atoms with Crippen LogP contribution in [-0.2, 0) is 6.42 Å². The highest BCUT2D eigenvalue weighted by Gasteiger charge is 2.27. The van der Waals surface area contributed by atoms with Gasteiger partial charge in [0.1, 0.15) is 5.82 Å². The Bertz CT molecular complexity index is 375. The molecule has 0 aromatic heterocycles. The summed E-state index contributed by atoms with van der Waals surface area (Å²) in [7, 11) is 0. The van der Waals surface area contributed by atoms with Crippen LogP contribution in [0.5, 0.6) is 0 Å². The summed E-state index contributed by atoms with van der Waals surface area (Å²) >= 11 is 3.30. The van der Waals surface area contributed by atoms with Gasteiger partial charge < -0.3 is 5.32 Å². The average Bonchev–Trinajstić information content (AvgIpc) is 2.37. The fraction of sp³-hybridized carbons (Fsp3) is 0.600. The highest BCUT2D eigenvalue weighted by molar-refractivity contribution is 9.10. The lowest BCUT2D eigenvalue weighted by molar-refractivity contribution is 0.245. The molecule has 102 valence electrons. The van der Waals surface area contributed by atoms with Crippen molar-refractivity contribution in [2.45, 2.75) is 40.0 Å². The lowest BCUT2D eigenvalue weighted by Crippen LogP contribution is -2.35. The first-order valence-corrected chi connectivity index (χ1v) is 7.51. The molecule has 0 aliphatic carbocycles. The minimum Gasteiger partial charge on any atom is -0.316 e. The molecule has 1 nitrogen and oxygen atoms in total. The molecule has 0 saturated heterocycles. The van der Waals surface area contributed by atoms with Crippen molar-refractivity contribution >= 4 is 15.9 Å². The van der Waals surface area contributed by atoms with Gasteiger partial charge in [-0.3, -0.25) is 0 Å². The number of benzene rings is 1. The lowest BCUT2D eigenvalue weighted by atomic mass is 9.76. The molecule has 1 N–H and O–H groups in total. The van der Waals surface area contributed by atoms with Gasteiger partial charge in [0.15, 0.2) is 0 Å². The van der Waals surface area contributed by atoms with Crippen LogP contribution in [0, 0.1) is 11.2 Å². The predicted molar refractivity (Wildman–Crippen MR) is 79.4 cm³/mol. The third-order valence-electron chi connectivity index (χ3n) is 3.83. The van der Waals surface area contributed by atoms with E-state index in [9.17, 15) is 4.39 Å². The monoisotopic (exact) mass is 315 g/mol. The maximum atomic E-state index is 13.9. The normalized spacial score (nSPS) is 11.8. The topological polar surface area (TPSA) is 12.0 Å². The van der Waals surface area contributed by atoms with Gasteiger partial charge >= 0.3 is 0 Å². The van der Waals surface area contributed by atoms with Crippen molar-refractivity contribution in [3.8, 4) is 0 Å². The summed E-state index contributed by atoms with van der Waals surface area (Å²) < 4.78 is 14.7. The Morgan fingerprint density at radius 1 is 1.22 bits per heavy atom. The second kappa shape index (κ2) is 7.25. The van der Waals surface area contributed by atoms with Gasteiger partial charge in [-0.25, -0.2) is 4.39 Å².